The standard InChI is InChI=1S/C19H26N4O3S/c1-3-18-17(13-20-23(18)14-15-7-5-4-6-8-15)19(24)21-16-9-11-22(12-10-16)27(2,25)26/h4-8,13,16H,3,9-12,14H2,1-2H3,(H,21,24). The van der Waals surface area contributed by atoms with Crippen LogP contribution in [0, 0.1) is 0 Å². The summed E-state index contributed by atoms with van der Waals surface area (Å²) in [5, 5.41) is 7.45. The van der Waals surface area contributed by atoms with Gasteiger partial charge in [0.15, 0.2) is 0 Å². The van der Waals surface area contributed by atoms with Crippen molar-refractivity contribution >= 4 is 15.9 Å². The zero-order valence-electron chi connectivity index (χ0n) is 15.8. The highest BCUT2D eigenvalue weighted by molar-refractivity contribution is 7.88. The Kier molecular flexibility index (Phi) is 5.96. The maximum atomic E-state index is 12.7. The molecule has 1 fully saturated rings. The number of nitrogens with zero attached hydrogens (tertiary/aromatic N) is 3. The number of piperidine rings is 1. The molecule has 2 heterocycles. The Balaban J connectivity index is 1.65. The van der Waals surface area contributed by atoms with Crippen molar-refractivity contribution in [1.29, 1.82) is 0 Å². The van der Waals surface area contributed by atoms with E-state index in [1.807, 2.05) is 41.9 Å². The lowest BCUT2D eigenvalue weighted by molar-refractivity contribution is 0.0923. The highest BCUT2D eigenvalue weighted by Gasteiger charge is 2.27. The topological polar surface area (TPSA) is 84.3 Å². The normalized spacial score (nSPS) is 16.4. The molecule has 7 nitrogen and oxygen atoms in total. The molecule has 0 atom stereocenters. The molecule has 1 saturated heterocycles. The van der Waals surface area contributed by atoms with Gasteiger partial charge in [0, 0.05) is 19.1 Å². The van der Waals surface area contributed by atoms with E-state index in [1.165, 1.54) is 10.6 Å². The van der Waals surface area contributed by atoms with Crippen LogP contribution >= 0.6 is 0 Å². The first-order chi connectivity index (χ1) is 12.9. The first-order valence-corrected chi connectivity index (χ1v) is 11.1. The predicted octanol–water partition coefficient (Wildman–Crippen LogP) is 1.65. The molecule has 1 aliphatic rings. The first-order valence-electron chi connectivity index (χ1n) is 9.23. The lowest BCUT2D eigenvalue weighted by atomic mass is 10.1. The number of amides is 1. The highest BCUT2D eigenvalue weighted by Crippen LogP contribution is 2.16. The summed E-state index contributed by atoms with van der Waals surface area (Å²) in [4.78, 5) is 12.7. The average molecular weight is 391 g/mol. The Labute approximate surface area is 160 Å². The van der Waals surface area contributed by atoms with Crippen molar-refractivity contribution in [1.82, 2.24) is 19.4 Å². The maximum absolute atomic E-state index is 12.7. The van der Waals surface area contributed by atoms with Crippen LogP contribution in [0.25, 0.3) is 0 Å². The van der Waals surface area contributed by atoms with Gasteiger partial charge in [-0.25, -0.2) is 12.7 Å². The molecule has 0 saturated carbocycles. The Morgan fingerprint density at radius 1 is 1.22 bits per heavy atom. The summed E-state index contributed by atoms with van der Waals surface area (Å²) in [5.74, 6) is -0.135. The number of aromatic nitrogens is 2. The summed E-state index contributed by atoms with van der Waals surface area (Å²) in [7, 11) is -3.16. The number of rotatable bonds is 6. The van der Waals surface area contributed by atoms with Crippen molar-refractivity contribution in [3.63, 3.8) is 0 Å². The van der Waals surface area contributed by atoms with Crippen molar-refractivity contribution in [3.8, 4) is 0 Å². The largest absolute Gasteiger partial charge is 0.349 e. The van der Waals surface area contributed by atoms with E-state index < -0.39 is 10.0 Å². The van der Waals surface area contributed by atoms with Crippen molar-refractivity contribution in [2.75, 3.05) is 19.3 Å². The molecule has 0 spiro atoms. The van der Waals surface area contributed by atoms with Gasteiger partial charge in [-0.15, -0.1) is 0 Å². The lowest BCUT2D eigenvalue weighted by Gasteiger charge is -2.30. The van der Waals surface area contributed by atoms with Gasteiger partial charge in [-0.2, -0.15) is 5.10 Å². The Morgan fingerprint density at radius 2 is 1.89 bits per heavy atom. The molecule has 1 N–H and O–H groups in total. The quantitative estimate of drug-likeness (QED) is 0.813. The van der Waals surface area contributed by atoms with Crippen LogP contribution in [-0.2, 0) is 23.0 Å². The summed E-state index contributed by atoms with van der Waals surface area (Å²) in [6.45, 7) is 3.53. The SMILES string of the molecule is CCc1c(C(=O)NC2CCN(S(C)(=O)=O)CC2)cnn1Cc1ccccc1. The van der Waals surface area contributed by atoms with Crippen molar-refractivity contribution in [2.24, 2.45) is 0 Å². The predicted molar refractivity (Wildman–Crippen MR) is 104 cm³/mol. The number of hydrogen-bond acceptors (Lipinski definition) is 4. The molecular formula is C19H26N4O3S. The van der Waals surface area contributed by atoms with Gasteiger partial charge in [0.1, 0.15) is 0 Å². The maximum Gasteiger partial charge on any atom is 0.254 e. The number of carbonyl (C=O) groups is 1. The fourth-order valence-corrected chi connectivity index (χ4v) is 4.33. The number of hydrogen-bond donors (Lipinski definition) is 1. The van der Waals surface area contributed by atoms with Crippen LogP contribution in [0.5, 0.6) is 0 Å². The molecule has 1 aromatic heterocycles. The van der Waals surface area contributed by atoms with Gasteiger partial charge in [-0.1, -0.05) is 37.3 Å². The third-order valence-corrected chi connectivity index (χ3v) is 6.26. The van der Waals surface area contributed by atoms with E-state index in [2.05, 4.69) is 10.4 Å². The molecule has 1 amide bonds. The number of sulfonamides is 1. The Bertz CT molecular complexity index is 885. The van der Waals surface area contributed by atoms with Crippen molar-refractivity contribution < 1.29 is 13.2 Å². The molecule has 8 heteroatoms. The van der Waals surface area contributed by atoms with Crippen LogP contribution < -0.4 is 5.32 Å². The molecule has 0 aliphatic carbocycles. The number of benzene rings is 1. The van der Waals surface area contributed by atoms with Gasteiger partial charge in [0.05, 0.1) is 30.3 Å². The van der Waals surface area contributed by atoms with E-state index in [1.54, 1.807) is 6.20 Å². The summed E-state index contributed by atoms with van der Waals surface area (Å²) in [6.07, 6.45) is 4.81. The lowest BCUT2D eigenvalue weighted by Crippen LogP contribution is -2.46. The molecule has 1 aliphatic heterocycles. The summed E-state index contributed by atoms with van der Waals surface area (Å²) in [5.41, 5.74) is 2.64. The van der Waals surface area contributed by atoms with Gasteiger partial charge < -0.3 is 5.32 Å². The van der Waals surface area contributed by atoms with Gasteiger partial charge in [-0.05, 0) is 24.8 Å². The van der Waals surface area contributed by atoms with Crippen molar-refractivity contribution in [3.05, 3.63) is 53.3 Å². The zero-order chi connectivity index (χ0) is 19.4. The zero-order valence-corrected chi connectivity index (χ0v) is 16.6. The highest BCUT2D eigenvalue weighted by atomic mass is 32.2. The van der Waals surface area contributed by atoms with Gasteiger partial charge in [0.2, 0.25) is 10.0 Å². The van der Waals surface area contributed by atoms with Crippen LogP contribution in [0.2, 0.25) is 0 Å². The summed E-state index contributed by atoms with van der Waals surface area (Å²) >= 11 is 0. The smallest absolute Gasteiger partial charge is 0.254 e. The summed E-state index contributed by atoms with van der Waals surface area (Å²) in [6, 6.07) is 10.0. The number of nitrogens with one attached hydrogen (secondary N) is 1. The summed E-state index contributed by atoms with van der Waals surface area (Å²) < 4.78 is 26.5. The first kappa shape index (κ1) is 19.6. The van der Waals surface area contributed by atoms with Gasteiger partial charge in [0.25, 0.3) is 5.91 Å². The monoisotopic (exact) mass is 390 g/mol. The minimum atomic E-state index is -3.16. The van der Waals surface area contributed by atoms with Crippen LogP contribution in [-0.4, -0.2) is 53.8 Å². The molecule has 27 heavy (non-hydrogen) atoms. The van der Waals surface area contributed by atoms with E-state index in [9.17, 15) is 13.2 Å². The van der Waals surface area contributed by atoms with E-state index >= 15 is 0 Å². The molecule has 0 bridgehead atoms. The second-order valence-electron chi connectivity index (χ2n) is 6.91. The fraction of sp³-hybridized carbons (Fsp3) is 0.474. The number of carbonyl (C=O) groups excluding carboxylic acids is 1. The van der Waals surface area contributed by atoms with E-state index in [4.69, 9.17) is 0 Å². The molecule has 3 rings (SSSR count). The second kappa shape index (κ2) is 8.22. The van der Waals surface area contributed by atoms with E-state index in [0.717, 1.165) is 11.3 Å². The van der Waals surface area contributed by atoms with E-state index in [0.29, 0.717) is 44.5 Å². The fourth-order valence-electron chi connectivity index (χ4n) is 3.46. The molecule has 2 aromatic rings. The third-order valence-electron chi connectivity index (χ3n) is 4.96. The van der Waals surface area contributed by atoms with Crippen LogP contribution in [0.1, 0.15) is 41.4 Å². The van der Waals surface area contributed by atoms with Gasteiger partial charge >= 0.3 is 0 Å². The molecule has 1 aromatic carbocycles. The van der Waals surface area contributed by atoms with Crippen molar-refractivity contribution in [2.45, 2.75) is 38.8 Å². The second-order valence-corrected chi connectivity index (χ2v) is 8.89. The van der Waals surface area contributed by atoms with E-state index in [-0.39, 0.29) is 11.9 Å². The molecule has 146 valence electrons. The molecular weight excluding hydrogens is 364 g/mol. The van der Waals surface area contributed by atoms with Crippen LogP contribution in [0.15, 0.2) is 36.5 Å². The molecule has 0 unspecified atom stereocenters. The minimum absolute atomic E-state index is 0.0160. The Hall–Kier alpha value is -2.19. The average Bonchev–Trinajstić information content (AvgIpc) is 3.05. The van der Waals surface area contributed by atoms with Gasteiger partial charge in [-0.3, -0.25) is 9.48 Å². The third kappa shape index (κ3) is 4.75. The minimum Gasteiger partial charge on any atom is -0.349 e. The van der Waals surface area contributed by atoms with Crippen LogP contribution in [0.4, 0.5) is 0 Å². The van der Waals surface area contributed by atoms with Crippen LogP contribution in [0.3, 0.4) is 0 Å². The Morgan fingerprint density at radius 3 is 2.48 bits per heavy atom. The molecule has 0 radical (unpaired) electrons.